The van der Waals surface area contributed by atoms with Crippen LogP contribution in [-0.4, -0.2) is 36.1 Å². The number of hydrogen-bond acceptors (Lipinski definition) is 4. The Morgan fingerprint density at radius 1 is 1.20 bits per heavy atom. The zero-order chi connectivity index (χ0) is 20.9. The minimum Gasteiger partial charge on any atom is -0.497 e. The molecule has 5 nitrogen and oxygen atoms in total. The van der Waals surface area contributed by atoms with Crippen LogP contribution >= 0.6 is 11.8 Å². The summed E-state index contributed by atoms with van der Waals surface area (Å²) in [6.07, 6.45) is 2.97. The van der Waals surface area contributed by atoms with Gasteiger partial charge in [-0.1, -0.05) is 36.2 Å². The number of benzene rings is 2. The first-order valence-electron chi connectivity index (χ1n) is 10.6. The number of amides is 2. The van der Waals surface area contributed by atoms with Crippen molar-refractivity contribution < 1.29 is 14.3 Å². The van der Waals surface area contributed by atoms with E-state index in [1.807, 2.05) is 28.0 Å². The van der Waals surface area contributed by atoms with Gasteiger partial charge in [0, 0.05) is 23.8 Å². The van der Waals surface area contributed by atoms with Crippen molar-refractivity contribution in [1.29, 1.82) is 0 Å². The van der Waals surface area contributed by atoms with Gasteiger partial charge in [-0.2, -0.15) is 0 Å². The molecule has 0 N–H and O–H groups in total. The Kier molecular flexibility index (Phi) is 4.77. The second kappa shape index (κ2) is 7.34. The van der Waals surface area contributed by atoms with E-state index in [2.05, 4.69) is 31.2 Å². The summed E-state index contributed by atoms with van der Waals surface area (Å²) in [6, 6.07) is 14.1. The number of anilines is 1. The molecule has 6 heteroatoms. The molecule has 0 bridgehead atoms. The van der Waals surface area contributed by atoms with Gasteiger partial charge in [-0.25, -0.2) is 0 Å². The van der Waals surface area contributed by atoms with Gasteiger partial charge < -0.3 is 14.5 Å². The van der Waals surface area contributed by atoms with E-state index in [0.29, 0.717) is 18.8 Å². The molecule has 1 atom stereocenters. The third-order valence-electron chi connectivity index (χ3n) is 6.58. The average molecular weight is 423 g/mol. The monoisotopic (exact) mass is 422 g/mol. The first-order valence-corrected chi connectivity index (χ1v) is 11.5. The summed E-state index contributed by atoms with van der Waals surface area (Å²) in [6.45, 7) is 3.16. The van der Waals surface area contributed by atoms with Crippen LogP contribution < -0.4 is 9.64 Å². The van der Waals surface area contributed by atoms with E-state index in [-0.39, 0.29) is 17.7 Å². The van der Waals surface area contributed by atoms with Crippen LogP contribution in [0.4, 0.5) is 5.69 Å². The van der Waals surface area contributed by atoms with Crippen molar-refractivity contribution in [2.75, 3.05) is 24.3 Å². The largest absolute Gasteiger partial charge is 0.497 e. The van der Waals surface area contributed by atoms with Crippen molar-refractivity contribution >= 4 is 29.3 Å². The molecule has 3 aliphatic rings. The predicted molar refractivity (Wildman–Crippen MR) is 119 cm³/mol. The highest BCUT2D eigenvalue weighted by atomic mass is 32.2. The SMILES string of the molecule is COc1ccc2c(c1)[C@@]1(SCCN1C(=O)C1CCC1)C(=O)N2Cc1ccc(C)cc1. The second-order valence-corrected chi connectivity index (χ2v) is 9.66. The topological polar surface area (TPSA) is 49.9 Å². The lowest BCUT2D eigenvalue weighted by molar-refractivity contribution is -0.145. The summed E-state index contributed by atoms with van der Waals surface area (Å²) in [5.74, 6) is 1.65. The van der Waals surface area contributed by atoms with Crippen molar-refractivity contribution in [2.45, 2.75) is 37.6 Å². The van der Waals surface area contributed by atoms with Crippen molar-refractivity contribution in [1.82, 2.24) is 4.90 Å². The molecule has 0 unspecified atom stereocenters. The molecule has 2 aromatic carbocycles. The van der Waals surface area contributed by atoms with Gasteiger partial charge in [0.15, 0.2) is 4.87 Å². The number of hydrogen-bond donors (Lipinski definition) is 0. The third kappa shape index (κ3) is 2.84. The van der Waals surface area contributed by atoms with Gasteiger partial charge >= 0.3 is 0 Å². The van der Waals surface area contributed by atoms with Crippen LogP contribution in [0.5, 0.6) is 5.75 Å². The first-order chi connectivity index (χ1) is 14.5. The molecular weight excluding hydrogens is 396 g/mol. The lowest BCUT2D eigenvalue weighted by Gasteiger charge is -2.37. The maximum Gasteiger partial charge on any atom is 0.268 e. The molecule has 1 saturated carbocycles. The number of thioether (sulfide) groups is 1. The van der Waals surface area contributed by atoms with E-state index in [0.717, 1.165) is 41.8 Å². The molecular formula is C24H26N2O3S. The second-order valence-electron chi connectivity index (χ2n) is 8.37. The first kappa shape index (κ1) is 19.5. The van der Waals surface area contributed by atoms with E-state index in [1.165, 1.54) is 5.56 Å². The van der Waals surface area contributed by atoms with Crippen LogP contribution in [0.15, 0.2) is 42.5 Å². The Labute approximate surface area is 181 Å². The van der Waals surface area contributed by atoms with E-state index >= 15 is 0 Å². The highest BCUT2D eigenvalue weighted by Gasteiger charge is 2.60. The minimum atomic E-state index is -0.971. The Bertz CT molecular complexity index is 1000. The summed E-state index contributed by atoms with van der Waals surface area (Å²) in [4.78, 5) is 30.0. The van der Waals surface area contributed by atoms with Gasteiger partial charge in [0.1, 0.15) is 5.75 Å². The number of rotatable bonds is 4. The molecule has 30 heavy (non-hydrogen) atoms. The molecule has 2 aromatic rings. The van der Waals surface area contributed by atoms with Gasteiger partial charge in [-0.15, -0.1) is 11.8 Å². The van der Waals surface area contributed by atoms with E-state index in [9.17, 15) is 9.59 Å². The lowest BCUT2D eigenvalue weighted by Crippen LogP contribution is -2.52. The molecule has 2 aliphatic heterocycles. The molecule has 0 aromatic heterocycles. The molecule has 1 aliphatic carbocycles. The highest BCUT2D eigenvalue weighted by molar-refractivity contribution is 8.01. The fraction of sp³-hybridized carbons (Fsp3) is 0.417. The molecule has 1 saturated heterocycles. The quantitative estimate of drug-likeness (QED) is 0.745. The van der Waals surface area contributed by atoms with Gasteiger partial charge in [0.05, 0.1) is 19.3 Å². The maximum atomic E-state index is 14.0. The predicted octanol–water partition coefficient (Wildman–Crippen LogP) is 4.08. The highest BCUT2D eigenvalue weighted by Crippen LogP contribution is 2.56. The Balaban J connectivity index is 1.58. The van der Waals surface area contributed by atoms with Gasteiger partial charge in [0.25, 0.3) is 5.91 Å². The van der Waals surface area contributed by atoms with Crippen LogP contribution in [0, 0.1) is 12.8 Å². The fourth-order valence-electron chi connectivity index (χ4n) is 4.65. The van der Waals surface area contributed by atoms with Crippen molar-refractivity contribution in [2.24, 2.45) is 5.92 Å². The van der Waals surface area contributed by atoms with E-state index < -0.39 is 4.87 Å². The number of aryl methyl sites for hydroxylation is 1. The molecule has 2 heterocycles. The Morgan fingerprint density at radius 3 is 2.63 bits per heavy atom. The summed E-state index contributed by atoms with van der Waals surface area (Å²) in [5, 5.41) is 0. The van der Waals surface area contributed by atoms with Crippen molar-refractivity contribution in [3.63, 3.8) is 0 Å². The minimum absolute atomic E-state index is 0.0125. The van der Waals surface area contributed by atoms with E-state index in [4.69, 9.17) is 4.74 Å². The summed E-state index contributed by atoms with van der Waals surface area (Å²) in [5.41, 5.74) is 4.03. The standard InChI is InChI=1S/C24H26N2O3S/c1-16-6-8-17(9-7-16)15-25-21-11-10-19(29-2)14-20(21)24(23(25)28)26(12-13-30-24)22(27)18-4-3-5-18/h6-11,14,18H,3-5,12-13,15H2,1-2H3/t24-/m1/s1. The third-order valence-corrected chi connectivity index (χ3v) is 8.00. The van der Waals surface area contributed by atoms with Crippen LogP contribution in [0.25, 0.3) is 0 Å². The molecule has 0 radical (unpaired) electrons. The van der Waals surface area contributed by atoms with Gasteiger partial charge in [-0.3, -0.25) is 9.59 Å². The van der Waals surface area contributed by atoms with E-state index in [1.54, 1.807) is 18.9 Å². The van der Waals surface area contributed by atoms with Gasteiger partial charge in [-0.05, 0) is 43.5 Å². The number of carbonyl (C=O) groups excluding carboxylic acids is 2. The normalized spacial score (nSPS) is 23.1. The fourth-order valence-corrected chi connectivity index (χ4v) is 6.11. The zero-order valence-electron chi connectivity index (χ0n) is 17.4. The number of methoxy groups -OCH3 is 1. The van der Waals surface area contributed by atoms with Crippen LogP contribution in [0.1, 0.15) is 36.0 Å². The number of nitrogens with zero attached hydrogens (tertiary/aromatic N) is 2. The molecule has 2 fully saturated rings. The van der Waals surface area contributed by atoms with Crippen LogP contribution in [-0.2, 0) is 21.0 Å². The lowest BCUT2D eigenvalue weighted by atomic mass is 9.84. The van der Waals surface area contributed by atoms with Crippen molar-refractivity contribution in [3.8, 4) is 5.75 Å². The summed E-state index contributed by atoms with van der Waals surface area (Å²) >= 11 is 1.59. The average Bonchev–Trinajstić information content (AvgIpc) is 3.25. The van der Waals surface area contributed by atoms with Gasteiger partial charge in [0.2, 0.25) is 5.91 Å². The Morgan fingerprint density at radius 2 is 1.97 bits per heavy atom. The molecule has 156 valence electrons. The number of fused-ring (bicyclic) bond motifs is 2. The smallest absolute Gasteiger partial charge is 0.268 e. The zero-order valence-corrected chi connectivity index (χ0v) is 18.2. The van der Waals surface area contributed by atoms with Crippen LogP contribution in [0.3, 0.4) is 0 Å². The summed E-state index contributed by atoms with van der Waals surface area (Å²) < 4.78 is 5.48. The molecule has 1 spiro atoms. The molecule has 5 rings (SSSR count). The van der Waals surface area contributed by atoms with Crippen LogP contribution in [0.2, 0.25) is 0 Å². The summed E-state index contributed by atoms with van der Waals surface area (Å²) in [7, 11) is 1.63. The number of carbonyl (C=O) groups is 2. The number of ether oxygens (including phenoxy) is 1. The molecule has 2 amide bonds. The maximum absolute atomic E-state index is 14.0. The van der Waals surface area contributed by atoms with Crippen molar-refractivity contribution in [3.05, 3.63) is 59.2 Å². The Hall–Kier alpha value is -2.47.